The third-order valence-corrected chi connectivity index (χ3v) is 5.13. The molecule has 28 heavy (non-hydrogen) atoms. The van der Waals surface area contributed by atoms with E-state index in [1.807, 2.05) is 52.1 Å². The molecule has 0 aliphatic carbocycles. The van der Waals surface area contributed by atoms with Crippen molar-refractivity contribution in [2.24, 2.45) is 0 Å². The summed E-state index contributed by atoms with van der Waals surface area (Å²) in [5.41, 5.74) is 4.15. The van der Waals surface area contributed by atoms with Crippen LogP contribution in [0.2, 0.25) is 0 Å². The summed E-state index contributed by atoms with van der Waals surface area (Å²) in [4.78, 5) is 18.9. The van der Waals surface area contributed by atoms with E-state index < -0.39 is 0 Å². The minimum absolute atomic E-state index is 0.0506. The number of nitrogens with zero attached hydrogens (tertiary/aromatic N) is 3. The first kappa shape index (κ1) is 18.1. The number of imidazole rings is 1. The second-order valence-corrected chi connectivity index (χ2v) is 6.88. The highest BCUT2D eigenvalue weighted by molar-refractivity contribution is 5.94. The van der Waals surface area contributed by atoms with Crippen LogP contribution in [-0.2, 0) is 19.5 Å². The predicted octanol–water partition coefficient (Wildman–Crippen LogP) is 3.15. The van der Waals surface area contributed by atoms with Crippen LogP contribution in [0.4, 0.5) is 0 Å². The van der Waals surface area contributed by atoms with Gasteiger partial charge in [-0.15, -0.1) is 0 Å². The van der Waals surface area contributed by atoms with Crippen molar-refractivity contribution in [3.8, 4) is 11.5 Å². The average molecular weight is 377 g/mol. The fourth-order valence-corrected chi connectivity index (χ4v) is 3.58. The lowest BCUT2D eigenvalue weighted by Crippen LogP contribution is -2.36. The Morgan fingerprint density at radius 3 is 2.43 bits per heavy atom. The van der Waals surface area contributed by atoms with Crippen LogP contribution in [0.3, 0.4) is 0 Å². The van der Waals surface area contributed by atoms with E-state index in [1.165, 1.54) is 5.56 Å². The van der Waals surface area contributed by atoms with Crippen molar-refractivity contribution >= 4 is 5.91 Å². The number of fused-ring (bicyclic) bond motifs is 1. The van der Waals surface area contributed by atoms with Gasteiger partial charge in [-0.25, -0.2) is 4.98 Å². The third kappa shape index (κ3) is 3.58. The number of aromatic nitrogens is 2. The van der Waals surface area contributed by atoms with E-state index in [9.17, 15) is 4.79 Å². The van der Waals surface area contributed by atoms with Crippen molar-refractivity contribution in [2.45, 2.75) is 19.5 Å². The highest BCUT2D eigenvalue weighted by Crippen LogP contribution is 2.33. The standard InChI is InChI=1S/C22H23N3O3/c1-27-20-11-18-7-9-25(14-19(18)12-21(20)28-2)22(26)17-5-3-16(4-6-17)13-24-10-8-23-15-24/h3-6,8,10-12,15H,7,9,13-14H2,1-2H3. The van der Waals surface area contributed by atoms with Crippen molar-refractivity contribution in [1.29, 1.82) is 0 Å². The van der Waals surface area contributed by atoms with Gasteiger partial charge in [0.15, 0.2) is 11.5 Å². The fourth-order valence-electron chi connectivity index (χ4n) is 3.58. The van der Waals surface area contributed by atoms with Crippen molar-refractivity contribution < 1.29 is 14.3 Å². The van der Waals surface area contributed by atoms with Crippen LogP contribution < -0.4 is 9.47 Å². The molecular formula is C22H23N3O3. The summed E-state index contributed by atoms with van der Waals surface area (Å²) in [7, 11) is 3.26. The molecule has 0 saturated heterocycles. The van der Waals surface area contributed by atoms with Crippen molar-refractivity contribution in [2.75, 3.05) is 20.8 Å². The van der Waals surface area contributed by atoms with Gasteiger partial charge in [0.05, 0.1) is 20.5 Å². The number of hydrogen-bond acceptors (Lipinski definition) is 4. The Morgan fingerprint density at radius 1 is 1.07 bits per heavy atom. The number of methoxy groups -OCH3 is 2. The third-order valence-electron chi connectivity index (χ3n) is 5.13. The van der Waals surface area contributed by atoms with E-state index in [4.69, 9.17) is 9.47 Å². The van der Waals surface area contributed by atoms with E-state index in [0.29, 0.717) is 24.4 Å². The van der Waals surface area contributed by atoms with Gasteiger partial charge in [0.2, 0.25) is 0 Å². The smallest absolute Gasteiger partial charge is 0.254 e. The molecular weight excluding hydrogens is 354 g/mol. The molecule has 0 fully saturated rings. The molecule has 0 bridgehead atoms. The van der Waals surface area contributed by atoms with Crippen molar-refractivity contribution in [3.63, 3.8) is 0 Å². The van der Waals surface area contributed by atoms with Crippen LogP contribution in [-0.4, -0.2) is 41.1 Å². The molecule has 4 rings (SSSR count). The highest BCUT2D eigenvalue weighted by Gasteiger charge is 2.23. The molecule has 2 heterocycles. The maximum Gasteiger partial charge on any atom is 0.254 e. The monoisotopic (exact) mass is 377 g/mol. The molecule has 0 N–H and O–H groups in total. The molecule has 3 aromatic rings. The summed E-state index contributed by atoms with van der Waals surface area (Å²) in [5, 5.41) is 0. The summed E-state index contributed by atoms with van der Waals surface area (Å²) in [5.74, 6) is 1.48. The summed E-state index contributed by atoms with van der Waals surface area (Å²) in [6.07, 6.45) is 6.28. The van der Waals surface area contributed by atoms with Gasteiger partial charge in [-0.2, -0.15) is 0 Å². The summed E-state index contributed by atoms with van der Waals surface area (Å²) in [6, 6.07) is 11.8. The number of rotatable bonds is 5. The van der Waals surface area contributed by atoms with Crippen LogP contribution in [0.15, 0.2) is 55.1 Å². The molecule has 0 atom stereocenters. The van der Waals surface area contributed by atoms with Crippen LogP contribution in [0.1, 0.15) is 27.0 Å². The lowest BCUT2D eigenvalue weighted by atomic mass is 9.98. The Labute approximate surface area is 164 Å². The quantitative estimate of drug-likeness (QED) is 0.685. The molecule has 1 aliphatic rings. The molecule has 6 nitrogen and oxygen atoms in total. The van der Waals surface area contributed by atoms with Gasteiger partial charge in [0.1, 0.15) is 0 Å². The van der Waals surface area contributed by atoms with E-state index >= 15 is 0 Å². The highest BCUT2D eigenvalue weighted by atomic mass is 16.5. The topological polar surface area (TPSA) is 56.6 Å². The number of benzene rings is 2. The molecule has 0 saturated carbocycles. The SMILES string of the molecule is COc1cc2c(cc1OC)CN(C(=O)c1ccc(Cn3ccnc3)cc1)CC2. The molecule has 0 radical (unpaired) electrons. The Morgan fingerprint density at radius 2 is 1.79 bits per heavy atom. The molecule has 0 spiro atoms. The normalized spacial score (nSPS) is 13.1. The van der Waals surface area contributed by atoms with Gasteiger partial charge in [0, 0.05) is 37.6 Å². The fraction of sp³-hybridized carbons (Fsp3) is 0.273. The van der Waals surface area contributed by atoms with E-state index in [0.717, 1.165) is 29.8 Å². The predicted molar refractivity (Wildman–Crippen MR) is 106 cm³/mol. The van der Waals surface area contributed by atoms with E-state index in [1.54, 1.807) is 26.7 Å². The Balaban J connectivity index is 1.48. The van der Waals surface area contributed by atoms with E-state index in [-0.39, 0.29) is 5.91 Å². The molecule has 6 heteroatoms. The number of hydrogen-bond donors (Lipinski definition) is 0. The van der Waals surface area contributed by atoms with Crippen LogP contribution in [0.25, 0.3) is 0 Å². The zero-order valence-corrected chi connectivity index (χ0v) is 16.1. The first-order valence-electron chi connectivity index (χ1n) is 9.25. The van der Waals surface area contributed by atoms with Gasteiger partial charge in [-0.3, -0.25) is 4.79 Å². The second-order valence-electron chi connectivity index (χ2n) is 6.88. The Kier molecular flexibility index (Phi) is 5.02. The first-order valence-corrected chi connectivity index (χ1v) is 9.25. The number of carbonyl (C=O) groups is 1. The zero-order valence-electron chi connectivity index (χ0n) is 16.1. The second kappa shape index (κ2) is 7.76. The average Bonchev–Trinajstić information content (AvgIpc) is 3.25. The Bertz CT molecular complexity index is 965. The van der Waals surface area contributed by atoms with Gasteiger partial charge >= 0.3 is 0 Å². The van der Waals surface area contributed by atoms with Gasteiger partial charge in [-0.05, 0) is 47.4 Å². The van der Waals surface area contributed by atoms with Gasteiger partial charge in [-0.1, -0.05) is 12.1 Å². The van der Waals surface area contributed by atoms with Crippen molar-refractivity contribution in [3.05, 3.63) is 77.4 Å². The van der Waals surface area contributed by atoms with Gasteiger partial charge in [0.25, 0.3) is 5.91 Å². The Hall–Kier alpha value is -3.28. The summed E-state index contributed by atoms with van der Waals surface area (Å²) in [6.45, 7) is 2.01. The molecule has 1 amide bonds. The van der Waals surface area contributed by atoms with E-state index in [2.05, 4.69) is 4.98 Å². The molecule has 0 unspecified atom stereocenters. The minimum atomic E-state index is 0.0506. The number of amides is 1. The summed E-state index contributed by atoms with van der Waals surface area (Å²) >= 11 is 0. The van der Waals surface area contributed by atoms with Gasteiger partial charge < -0.3 is 18.9 Å². The lowest BCUT2D eigenvalue weighted by Gasteiger charge is -2.29. The molecule has 144 valence electrons. The largest absolute Gasteiger partial charge is 0.493 e. The first-order chi connectivity index (χ1) is 13.7. The maximum absolute atomic E-state index is 13.0. The van der Waals surface area contributed by atoms with Crippen LogP contribution in [0.5, 0.6) is 11.5 Å². The molecule has 1 aliphatic heterocycles. The molecule has 2 aromatic carbocycles. The lowest BCUT2D eigenvalue weighted by molar-refractivity contribution is 0.0734. The number of ether oxygens (including phenoxy) is 2. The molecule has 1 aromatic heterocycles. The minimum Gasteiger partial charge on any atom is -0.493 e. The van der Waals surface area contributed by atoms with Crippen LogP contribution >= 0.6 is 0 Å². The maximum atomic E-state index is 13.0. The van der Waals surface area contributed by atoms with Crippen LogP contribution in [0, 0.1) is 0 Å². The summed E-state index contributed by atoms with van der Waals surface area (Å²) < 4.78 is 12.8. The van der Waals surface area contributed by atoms with Crippen molar-refractivity contribution in [1.82, 2.24) is 14.5 Å². The zero-order chi connectivity index (χ0) is 19.5. The number of carbonyl (C=O) groups excluding carboxylic acids is 1.